The second-order valence-corrected chi connectivity index (χ2v) is 0.702. The van der Waals surface area contributed by atoms with E-state index in [-0.39, 0.29) is 45.8 Å². The van der Waals surface area contributed by atoms with Gasteiger partial charge in [-0.05, 0) is 12.7 Å². The summed E-state index contributed by atoms with van der Waals surface area (Å²) in [6, 6.07) is 0. The van der Waals surface area contributed by atoms with E-state index in [1.807, 2.05) is 0 Å². The first-order chi connectivity index (χ1) is 1.73. The van der Waals surface area contributed by atoms with Crippen LogP contribution in [0.4, 0.5) is 0 Å². The fourth-order valence-corrected chi connectivity index (χ4v) is 0. The Labute approximate surface area is 64.4 Å². The van der Waals surface area contributed by atoms with Crippen molar-refractivity contribution in [1.29, 1.82) is 0 Å². The van der Waals surface area contributed by atoms with Crippen molar-refractivity contribution < 1.29 is 21.8 Å². The number of Topliss-reactive ketones (excluding diaryl/α,β-unsaturated/α-hetero) is 1. The van der Waals surface area contributed by atoms with Crippen molar-refractivity contribution in [3.8, 4) is 0 Å². The second kappa shape index (κ2) is 9.25. The van der Waals surface area contributed by atoms with Gasteiger partial charge in [-0.1, -0.05) is 0 Å². The third-order valence-electron chi connectivity index (χ3n) is 0. The first-order valence-corrected chi connectivity index (χ1v) is 1.06. The molecule has 0 aromatic carbocycles. The molecule has 6 heavy (non-hydrogen) atoms. The van der Waals surface area contributed by atoms with Crippen LogP contribution in [-0.2, 0) is 4.79 Å². The van der Waals surface area contributed by atoms with Crippen LogP contribution in [0.3, 0.4) is 0 Å². The zero-order chi connectivity index (χ0) is 3.58. The van der Waals surface area contributed by atoms with Gasteiger partial charge in [-0.15, -0.1) is 0 Å². The largest absolute Gasteiger partial charge is 2.00 e. The van der Waals surface area contributed by atoms with Crippen molar-refractivity contribution >= 4 is 28.8 Å². The van der Waals surface area contributed by atoms with Crippen molar-refractivity contribution in [3.05, 3.63) is 6.92 Å². The average molecular weight is 161 g/mol. The number of carbonyl (C=O) groups is 1. The number of rotatable bonds is 0. The summed E-state index contributed by atoms with van der Waals surface area (Å²) >= 11 is 0. The van der Waals surface area contributed by atoms with Crippen LogP contribution < -0.4 is 17.0 Å². The minimum absolute atomic E-state index is 0. The maximum atomic E-state index is 9.33. The Morgan fingerprint density at radius 1 is 1.67 bits per heavy atom. The Morgan fingerprint density at radius 2 is 1.67 bits per heavy atom. The van der Waals surface area contributed by atoms with E-state index >= 15 is 0 Å². The first-order valence-electron chi connectivity index (χ1n) is 1.06. The van der Waals surface area contributed by atoms with Crippen molar-refractivity contribution in [2.75, 3.05) is 0 Å². The number of ketones is 1. The van der Waals surface area contributed by atoms with Crippen molar-refractivity contribution in [1.82, 2.24) is 0 Å². The first kappa shape index (κ1) is 15.8. The molecule has 0 spiro atoms. The minimum Gasteiger partial charge on any atom is -1.00 e. The summed E-state index contributed by atoms with van der Waals surface area (Å²) in [6.07, 6.45) is 0. The standard InChI is InChI=1S/C3H5O.BrH.Mg/c1-3(2)4;;/h1H2,2H3;1H;/q-1;;+2/p-1. The van der Waals surface area contributed by atoms with E-state index in [9.17, 15) is 4.79 Å². The molecule has 0 heterocycles. The SMILES string of the molecule is [Br-].[CH2-]C(C)=O.[Mg+2]. The van der Waals surface area contributed by atoms with E-state index in [0.29, 0.717) is 0 Å². The molecule has 0 rings (SSSR count). The normalized spacial score (nSPS) is 4.17. The molecule has 0 fully saturated rings. The third kappa shape index (κ3) is 111. The van der Waals surface area contributed by atoms with Crippen molar-refractivity contribution in [2.24, 2.45) is 0 Å². The molecular formula is C3H5BrMgO. The van der Waals surface area contributed by atoms with Crippen molar-refractivity contribution in [2.45, 2.75) is 6.92 Å². The van der Waals surface area contributed by atoms with Gasteiger partial charge in [0.25, 0.3) is 0 Å². The third-order valence-corrected chi connectivity index (χ3v) is 0. The number of hydrogen-bond donors (Lipinski definition) is 0. The molecule has 0 aliphatic rings. The van der Waals surface area contributed by atoms with Crippen LogP contribution in [-0.4, -0.2) is 28.8 Å². The molecule has 0 aliphatic carbocycles. The number of hydrogen-bond acceptors (Lipinski definition) is 1. The van der Waals surface area contributed by atoms with Gasteiger partial charge in [-0.3, -0.25) is 0 Å². The molecule has 1 nitrogen and oxygen atoms in total. The van der Waals surface area contributed by atoms with Gasteiger partial charge in [0.2, 0.25) is 0 Å². The molecule has 0 aromatic rings. The van der Waals surface area contributed by atoms with Crippen LogP contribution in [0.25, 0.3) is 0 Å². The Bertz CT molecular complexity index is 33.8. The maximum Gasteiger partial charge on any atom is 2.00 e. The molecule has 0 amide bonds. The Kier molecular flexibility index (Phi) is 24.4. The zero-order valence-corrected chi connectivity index (χ0v) is 6.70. The summed E-state index contributed by atoms with van der Waals surface area (Å²) in [5.74, 6) is -0.0833. The van der Waals surface area contributed by atoms with Gasteiger partial charge in [0.05, 0.1) is 0 Å². The summed E-state index contributed by atoms with van der Waals surface area (Å²) in [5.41, 5.74) is 0. The van der Waals surface area contributed by atoms with Crippen LogP contribution in [0.2, 0.25) is 0 Å². The van der Waals surface area contributed by atoms with Gasteiger partial charge in [-0.2, -0.15) is 0 Å². The van der Waals surface area contributed by atoms with E-state index in [2.05, 4.69) is 6.92 Å². The molecule has 32 valence electrons. The summed E-state index contributed by atoms with van der Waals surface area (Å²) in [5, 5.41) is 0. The zero-order valence-electron chi connectivity index (χ0n) is 3.70. The molecule has 0 bridgehead atoms. The van der Waals surface area contributed by atoms with E-state index in [1.54, 1.807) is 0 Å². The van der Waals surface area contributed by atoms with Crippen LogP contribution in [0, 0.1) is 6.92 Å². The molecule has 0 atom stereocenters. The van der Waals surface area contributed by atoms with E-state index < -0.39 is 0 Å². The number of carbonyl (C=O) groups excluding carboxylic acids is 1. The predicted molar refractivity (Wildman–Crippen MR) is 21.8 cm³/mol. The van der Waals surface area contributed by atoms with Crippen LogP contribution in [0.15, 0.2) is 0 Å². The minimum atomic E-state index is -0.0833. The second-order valence-electron chi connectivity index (χ2n) is 0.702. The maximum absolute atomic E-state index is 9.33. The summed E-state index contributed by atoms with van der Waals surface area (Å²) < 4.78 is 0. The van der Waals surface area contributed by atoms with Gasteiger partial charge < -0.3 is 28.7 Å². The van der Waals surface area contributed by atoms with Crippen molar-refractivity contribution in [3.63, 3.8) is 0 Å². The van der Waals surface area contributed by atoms with Crippen LogP contribution in [0.5, 0.6) is 0 Å². The van der Waals surface area contributed by atoms with Crippen LogP contribution >= 0.6 is 0 Å². The number of halogens is 1. The Morgan fingerprint density at radius 3 is 1.67 bits per heavy atom. The van der Waals surface area contributed by atoms with E-state index in [1.165, 1.54) is 6.92 Å². The molecule has 0 aliphatic heterocycles. The molecule has 0 unspecified atom stereocenters. The molecule has 0 saturated carbocycles. The molecule has 0 radical (unpaired) electrons. The van der Waals surface area contributed by atoms with Crippen LogP contribution in [0.1, 0.15) is 6.92 Å². The molecule has 3 heteroatoms. The molecular weight excluding hydrogens is 156 g/mol. The average Bonchev–Trinajstić information content (AvgIpc) is 0.811. The fourth-order valence-electron chi connectivity index (χ4n) is 0. The summed E-state index contributed by atoms with van der Waals surface area (Å²) in [7, 11) is 0. The molecule has 0 N–H and O–H groups in total. The smallest absolute Gasteiger partial charge is 1.00 e. The summed E-state index contributed by atoms with van der Waals surface area (Å²) in [4.78, 5) is 9.33. The molecule has 0 aromatic heterocycles. The van der Waals surface area contributed by atoms with E-state index in [4.69, 9.17) is 0 Å². The molecule has 0 saturated heterocycles. The predicted octanol–water partition coefficient (Wildman–Crippen LogP) is -2.97. The Hall–Kier alpha value is 0.786. The van der Waals surface area contributed by atoms with Gasteiger partial charge >= 0.3 is 23.1 Å². The topological polar surface area (TPSA) is 17.1 Å². The monoisotopic (exact) mass is 160 g/mol. The van der Waals surface area contributed by atoms with Gasteiger partial charge in [0, 0.05) is 0 Å². The summed E-state index contributed by atoms with van der Waals surface area (Å²) in [6.45, 7) is 4.42. The van der Waals surface area contributed by atoms with E-state index in [0.717, 1.165) is 0 Å². The van der Waals surface area contributed by atoms with Gasteiger partial charge in [0.15, 0.2) is 0 Å². The van der Waals surface area contributed by atoms with Gasteiger partial charge in [0.1, 0.15) is 0 Å². The Balaban J connectivity index is -0.0000000450. The van der Waals surface area contributed by atoms with Gasteiger partial charge in [-0.25, -0.2) is 0 Å². The fraction of sp³-hybridized carbons (Fsp3) is 0.333. The quantitative estimate of drug-likeness (QED) is 0.274.